The van der Waals surface area contributed by atoms with Crippen LogP contribution >= 0.6 is 0 Å². The van der Waals surface area contributed by atoms with Crippen molar-refractivity contribution in [2.45, 2.75) is 12.8 Å². The summed E-state index contributed by atoms with van der Waals surface area (Å²) in [7, 11) is 0. The molecule has 8 heteroatoms. The fourth-order valence-corrected chi connectivity index (χ4v) is 2.98. The molecule has 1 fully saturated rings. The van der Waals surface area contributed by atoms with Crippen molar-refractivity contribution in [1.82, 2.24) is 19.5 Å². The zero-order valence-electron chi connectivity index (χ0n) is 14.9. The second-order valence-corrected chi connectivity index (χ2v) is 6.17. The van der Waals surface area contributed by atoms with Crippen LogP contribution in [0, 0.1) is 0 Å². The smallest absolute Gasteiger partial charge is 0.251 e. The maximum absolute atomic E-state index is 11.8. The molecule has 0 bridgehead atoms. The predicted molar refractivity (Wildman–Crippen MR) is 104 cm³/mol. The molecule has 0 saturated carbocycles. The van der Waals surface area contributed by atoms with Crippen LogP contribution in [0.15, 0.2) is 70.8 Å². The van der Waals surface area contributed by atoms with Crippen LogP contribution in [-0.2, 0) is 16.0 Å². The van der Waals surface area contributed by atoms with Crippen LogP contribution in [0.3, 0.4) is 0 Å². The fourth-order valence-electron chi connectivity index (χ4n) is 2.98. The second kappa shape index (κ2) is 8.12. The molecule has 0 unspecified atom stereocenters. The Morgan fingerprint density at radius 1 is 0.929 bits per heavy atom. The normalized spacial score (nSPS) is 14.1. The van der Waals surface area contributed by atoms with Crippen LogP contribution < -0.4 is 11.1 Å². The van der Waals surface area contributed by atoms with E-state index in [0.29, 0.717) is 19.8 Å². The largest absolute Gasteiger partial charge is 0.348 e. The molecular formula is C20H18N4O4. The van der Waals surface area contributed by atoms with Crippen molar-refractivity contribution >= 4 is 21.8 Å². The van der Waals surface area contributed by atoms with Gasteiger partial charge in [0.05, 0.1) is 43.2 Å². The van der Waals surface area contributed by atoms with Gasteiger partial charge in [-0.3, -0.25) is 19.6 Å². The molecule has 5 rings (SSSR count). The van der Waals surface area contributed by atoms with Gasteiger partial charge in [-0.05, 0) is 24.3 Å². The Kier molecular flexibility index (Phi) is 5.22. The number of aromatic nitrogens is 4. The maximum Gasteiger partial charge on any atom is 0.251 e. The molecule has 5 heterocycles. The Balaban J connectivity index is 0.000000151. The monoisotopic (exact) mass is 378 g/mol. The highest BCUT2D eigenvalue weighted by molar-refractivity contribution is 5.77. The minimum absolute atomic E-state index is 0.0652. The topological polar surface area (TPSA) is 99.1 Å². The lowest BCUT2D eigenvalue weighted by Gasteiger charge is -2.13. The first-order chi connectivity index (χ1) is 13.7. The number of nitrogens with one attached hydrogen (secondary N) is 1. The van der Waals surface area contributed by atoms with E-state index in [1.165, 1.54) is 6.07 Å². The number of pyridine rings is 4. The Morgan fingerprint density at radius 2 is 1.64 bits per heavy atom. The molecule has 142 valence electrons. The summed E-state index contributed by atoms with van der Waals surface area (Å²) in [5.74, 6) is 0. The van der Waals surface area contributed by atoms with Crippen LogP contribution in [0.2, 0.25) is 0 Å². The Morgan fingerprint density at radius 3 is 2.46 bits per heavy atom. The molecule has 1 aliphatic heterocycles. The molecular weight excluding hydrogens is 360 g/mol. The van der Waals surface area contributed by atoms with Crippen molar-refractivity contribution in [3.63, 3.8) is 0 Å². The summed E-state index contributed by atoms with van der Waals surface area (Å²) >= 11 is 0. The fraction of sp³-hybridized carbons (Fsp3) is 0.200. The molecule has 1 aliphatic rings. The van der Waals surface area contributed by atoms with Crippen molar-refractivity contribution in [1.29, 1.82) is 0 Å². The van der Waals surface area contributed by atoms with Crippen LogP contribution in [0.4, 0.5) is 0 Å². The number of hydrogen-bond acceptors (Lipinski definition) is 6. The molecule has 0 amide bonds. The zero-order valence-corrected chi connectivity index (χ0v) is 14.9. The molecule has 4 aromatic heterocycles. The minimum Gasteiger partial charge on any atom is -0.348 e. The predicted octanol–water partition coefficient (Wildman–Crippen LogP) is 1.69. The molecule has 0 spiro atoms. The summed E-state index contributed by atoms with van der Waals surface area (Å²) in [4.78, 5) is 33.2. The van der Waals surface area contributed by atoms with E-state index in [9.17, 15) is 9.59 Å². The Bertz CT molecular complexity index is 1210. The number of fused-ring (bicyclic) bond motifs is 2. The zero-order chi connectivity index (χ0) is 19.3. The van der Waals surface area contributed by atoms with Crippen LogP contribution in [0.5, 0.6) is 0 Å². The quantitative estimate of drug-likeness (QED) is 0.570. The molecule has 0 radical (unpaired) electrons. The summed E-state index contributed by atoms with van der Waals surface area (Å²) in [6, 6.07) is 10.4. The van der Waals surface area contributed by atoms with Crippen LogP contribution in [-0.4, -0.2) is 39.0 Å². The van der Waals surface area contributed by atoms with E-state index in [1.807, 2.05) is 12.1 Å². The molecule has 0 atom stereocenters. The van der Waals surface area contributed by atoms with E-state index >= 15 is 0 Å². The first-order valence-corrected chi connectivity index (χ1v) is 8.80. The number of hydrogen-bond donors (Lipinski definition) is 1. The van der Waals surface area contributed by atoms with Gasteiger partial charge < -0.3 is 19.0 Å². The number of nitrogens with zero attached hydrogens (tertiary/aromatic N) is 3. The van der Waals surface area contributed by atoms with Gasteiger partial charge in [0.15, 0.2) is 6.29 Å². The molecule has 0 aliphatic carbocycles. The number of aromatic amines is 1. The summed E-state index contributed by atoms with van der Waals surface area (Å²) in [5.41, 5.74) is 1.43. The third-order valence-corrected chi connectivity index (χ3v) is 4.34. The van der Waals surface area contributed by atoms with Gasteiger partial charge in [0, 0.05) is 35.3 Å². The Labute approximate surface area is 159 Å². The molecule has 4 aromatic rings. The Hall–Kier alpha value is -3.36. The van der Waals surface area contributed by atoms with E-state index in [1.54, 1.807) is 47.6 Å². The number of rotatable bonds is 2. The van der Waals surface area contributed by atoms with Crippen molar-refractivity contribution in [2.24, 2.45) is 0 Å². The lowest BCUT2D eigenvalue weighted by atomic mass is 10.2. The van der Waals surface area contributed by atoms with Gasteiger partial charge in [-0.25, -0.2) is 0 Å². The molecule has 1 N–H and O–H groups in total. The van der Waals surface area contributed by atoms with Crippen molar-refractivity contribution in [3.05, 3.63) is 81.9 Å². The van der Waals surface area contributed by atoms with E-state index in [4.69, 9.17) is 9.47 Å². The van der Waals surface area contributed by atoms with Gasteiger partial charge in [0.2, 0.25) is 5.56 Å². The maximum atomic E-state index is 11.8. The van der Waals surface area contributed by atoms with Gasteiger partial charge in [-0.2, -0.15) is 0 Å². The number of H-pyrrole nitrogens is 1. The first-order valence-electron chi connectivity index (χ1n) is 8.80. The van der Waals surface area contributed by atoms with Crippen molar-refractivity contribution in [3.8, 4) is 0 Å². The lowest BCUT2D eigenvalue weighted by molar-refractivity contribution is -0.0522. The first kappa shape index (κ1) is 18.0. The van der Waals surface area contributed by atoms with Crippen molar-refractivity contribution in [2.75, 3.05) is 13.2 Å². The van der Waals surface area contributed by atoms with Gasteiger partial charge >= 0.3 is 0 Å². The molecule has 8 nitrogen and oxygen atoms in total. The summed E-state index contributed by atoms with van der Waals surface area (Å²) in [5, 5.41) is 1.98. The van der Waals surface area contributed by atoms with Crippen LogP contribution in [0.25, 0.3) is 21.8 Å². The summed E-state index contributed by atoms with van der Waals surface area (Å²) < 4.78 is 12.4. The third-order valence-electron chi connectivity index (χ3n) is 4.34. The lowest BCUT2D eigenvalue weighted by Crippen LogP contribution is -2.26. The summed E-state index contributed by atoms with van der Waals surface area (Å²) in [6.45, 7) is 1.58. The van der Waals surface area contributed by atoms with E-state index in [0.717, 1.165) is 21.8 Å². The van der Waals surface area contributed by atoms with Gasteiger partial charge in [0.1, 0.15) is 0 Å². The molecule has 0 aromatic carbocycles. The highest BCUT2D eigenvalue weighted by Crippen LogP contribution is 2.12. The van der Waals surface area contributed by atoms with E-state index in [-0.39, 0.29) is 17.4 Å². The van der Waals surface area contributed by atoms with Gasteiger partial charge in [0.25, 0.3) is 5.56 Å². The van der Waals surface area contributed by atoms with E-state index < -0.39 is 0 Å². The molecule has 28 heavy (non-hydrogen) atoms. The minimum atomic E-state index is -0.335. The third kappa shape index (κ3) is 3.98. The summed E-state index contributed by atoms with van der Waals surface area (Å²) in [6.07, 6.45) is 6.39. The standard InChI is InChI=1S/C12H12N2O3.C8H6N2O/c15-11-2-1-9-3-4-13-7-10(9)14(11)8-12-16-5-6-17-12;11-8-2-1-6-3-4-9-5-7(6)10-8/h1-4,7,12H,5-6,8H2;1-5H,(H,10,11). The van der Waals surface area contributed by atoms with Crippen molar-refractivity contribution < 1.29 is 9.47 Å². The average molecular weight is 378 g/mol. The number of ether oxygens (including phenoxy) is 2. The van der Waals surface area contributed by atoms with Gasteiger partial charge in [-0.15, -0.1) is 0 Å². The van der Waals surface area contributed by atoms with Crippen LogP contribution in [0.1, 0.15) is 0 Å². The SMILES string of the molecule is O=c1ccc2ccncc2[nH]1.O=c1ccc2ccncc2n1CC1OCCO1. The van der Waals surface area contributed by atoms with Gasteiger partial charge in [-0.1, -0.05) is 0 Å². The second-order valence-electron chi connectivity index (χ2n) is 6.17. The highest BCUT2D eigenvalue weighted by Gasteiger charge is 2.17. The molecule has 1 saturated heterocycles. The highest BCUT2D eigenvalue weighted by atomic mass is 16.7. The van der Waals surface area contributed by atoms with E-state index in [2.05, 4.69) is 15.0 Å². The average Bonchev–Trinajstić information content (AvgIpc) is 3.24.